The molecule has 7 rings (SSSR count). The van der Waals surface area contributed by atoms with Gasteiger partial charge in [0.05, 0.1) is 21.2 Å². The van der Waals surface area contributed by atoms with Gasteiger partial charge in [0.25, 0.3) is 36.3 Å². The van der Waals surface area contributed by atoms with E-state index >= 15 is 0 Å². The van der Waals surface area contributed by atoms with Crippen LogP contribution in [0.4, 0.5) is 44.7 Å². The first-order valence-corrected chi connectivity index (χ1v) is 22.8. The van der Waals surface area contributed by atoms with Crippen LogP contribution in [0.15, 0.2) is 133 Å². The van der Waals surface area contributed by atoms with E-state index in [1.807, 2.05) is 0 Å². The summed E-state index contributed by atoms with van der Waals surface area (Å²) < 4.78 is 156. The molecule has 0 aliphatic rings. The zero-order chi connectivity index (χ0) is 45.6. The number of halogens is 1. The number of azo groups is 1. The van der Waals surface area contributed by atoms with Gasteiger partial charge in [-0.1, -0.05) is 48.5 Å². The molecule has 0 fully saturated rings. The SMILES string of the molecule is O=C(Nc1cc(S(=O)(=O)O)cc2cc(S(=O)(=O)O)c(N=Nc3cc(Nc4nc(F)nc(Nc5ccc6ccccc6c5S(=O)(=O)[O-])n4)ccc3S(=O)(=O)O)c(O)c12)c1ccccc1.[Na+]. The van der Waals surface area contributed by atoms with Crippen LogP contribution in [0.25, 0.3) is 21.5 Å². The van der Waals surface area contributed by atoms with Crippen LogP contribution in [0, 0.1) is 6.08 Å². The summed E-state index contributed by atoms with van der Waals surface area (Å²) in [6, 6.07) is 20.6. The molecular formula is C36H24FN8NaO14S4. The molecule has 28 heteroatoms. The maximum Gasteiger partial charge on any atom is 1.00 e. The third kappa shape index (κ3) is 10.3. The number of carbonyl (C=O) groups excluding carboxylic acids is 1. The van der Waals surface area contributed by atoms with Gasteiger partial charge in [0.2, 0.25) is 11.9 Å². The number of anilines is 5. The Bertz CT molecular complexity index is 3550. The van der Waals surface area contributed by atoms with E-state index in [1.54, 1.807) is 18.2 Å². The Hall–Kier alpha value is -6.11. The summed E-state index contributed by atoms with van der Waals surface area (Å²) in [5.41, 5.74) is -2.97. The number of rotatable bonds is 12. The molecule has 0 aliphatic carbocycles. The van der Waals surface area contributed by atoms with Crippen molar-refractivity contribution in [1.29, 1.82) is 0 Å². The summed E-state index contributed by atoms with van der Waals surface area (Å²) in [7, 11) is -20.8. The van der Waals surface area contributed by atoms with Crippen LogP contribution in [0.3, 0.4) is 0 Å². The summed E-state index contributed by atoms with van der Waals surface area (Å²) in [6.45, 7) is 0. The number of benzene rings is 6. The van der Waals surface area contributed by atoms with Crippen LogP contribution < -0.4 is 45.5 Å². The van der Waals surface area contributed by atoms with E-state index in [0.717, 1.165) is 24.3 Å². The van der Waals surface area contributed by atoms with Crippen molar-refractivity contribution in [3.8, 4) is 5.75 Å². The number of hydrogen-bond acceptors (Lipinski definition) is 18. The van der Waals surface area contributed by atoms with E-state index in [-0.39, 0.29) is 51.9 Å². The number of amides is 1. The van der Waals surface area contributed by atoms with Gasteiger partial charge in [-0.2, -0.15) is 44.6 Å². The van der Waals surface area contributed by atoms with Gasteiger partial charge < -0.3 is 25.6 Å². The standard InChI is InChI=1S/C36H25FN8O14S4.Na/c37-34-41-35(43-36(42-34)40-24-12-10-18-6-4-5-9-23(18)32(24)63(57,58)59)38-21-11-13-27(61(51,52)53)25(16-21)44-45-30-28(62(54,55)56)15-20-14-22(60(48,49)50)17-26(29(20)31(30)46)39-33(47)19-7-2-1-3-8-19;/h1-17,46H,(H,39,47)(H,48,49,50)(H,51,52,53)(H,54,55,56)(H,57,58,59)(H2,38,40,41,42,43);/q;+1/p-1. The van der Waals surface area contributed by atoms with Crippen molar-refractivity contribution < 1.29 is 95.7 Å². The molecule has 0 spiro atoms. The number of nitrogens with one attached hydrogen (secondary N) is 3. The minimum Gasteiger partial charge on any atom is -0.744 e. The van der Waals surface area contributed by atoms with E-state index in [1.165, 1.54) is 48.5 Å². The van der Waals surface area contributed by atoms with Crippen molar-refractivity contribution in [2.24, 2.45) is 10.2 Å². The molecular weight excluding hydrogens is 939 g/mol. The molecule has 6 aromatic carbocycles. The molecule has 0 unspecified atom stereocenters. The van der Waals surface area contributed by atoms with E-state index in [2.05, 4.69) is 41.1 Å². The average molecular weight is 963 g/mol. The van der Waals surface area contributed by atoms with Gasteiger partial charge in [0.15, 0.2) is 5.75 Å². The molecule has 0 saturated carbocycles. The third-order valence-corrected chi connectivity index (χ3v) is 12.3. The summed E-state index contributed by atoms with van der Waals surface area (Å²) in [5.74, 6) is -3.29. The van der Waals surface area contributed by atoms with E-state index in [4.69, 9.17) is 0 Å². The predicted octanol–water partition coefficient (Wildman–Crippen LogP) is 2.83. The fourth-order valence-corrected chi connectivity index (χ4v) is 8.75. The monoisotopic (exact) mass is 962 g/mol. The summed E-state index contributed by atoms with van der Waals surface area (Å²) >= 11 is 0. The normalized spacial score (nSPS) is 12.3. The molecule has 0 aliphatic heterocycles. The number of phenols is 1. The number of phenolic OH excluding ortho intramolecular Hbond substituents is 1. The van der Waals surface area contributed by atoms with Crippen LogP contribution in [-0.4, -0.2) is 77.8 Å². The number of aromatic hydroxyl groups is 1. The van der Waals surface area contributed by atoms with E-state index in [9.17, 15) is 66.2 Å². The van der Waals surface area contributed by atoms with Crippen LogP contribution in [-0.2, 0) is 40.5 Å². The molecule has 1 heterocycles. The number of hydrogen-bond donors (Lipinski definition) is 7. The smallest absolute Gasteiger partial charge is 0.744 e. The van der Waals surface area contributed by atoms with Crippen molar-refractivity contribution >= 4 is 108 Å². The Labute approximate surface area is 382 Å². The van der Waals surface area contributed by atoms with Gasteiger partial charge in [-0.15, -0.1) is 10.2 Å². The molecule has 324 valence electrons. The average Bonchev–Trinajstić information content (AvgIpc) is 3.18. The first-order chi connectivity index (χ1) is 29.5. The van der Waals surface area contributed by atoms with Gasteiger partial charge in [-0.05, 0) is 65.4 Å². The second-order valence-corrected chi connectivity index (χ2v) is 18.4. The molecule has 1 amide bonds. The quantitative estimate of drug-likeness (QED) is 0.0526. The van der Waals surface area contributed by atoms with Crippen molar-refractivity contribution in [2.75, 3.05) is 16.0 Å². The molecule has 0 bridgehead atoms. The largest absolute Gasteiger partial charge is 1.00 e. The Kier molecular flexibility index (Phi) is 13.2. The zero-order valence-electron chi connectivity index (χ0n) is 31.9. The minimum absolute atomic E-state index is 0. The number of carbonyl (C=O) groups is 1. The molecule has 22 nitrogen and oxygen atoms in total. The number of fused-ring (bicyclic) bond motifs is 2. The Morgan fingerprint density at radius 2 is 1.30 bits per heavy atom. The summed E-state index contributed by atoms with van der Waals surface area (Å²) in [4.78, 5) is 20.2. The third-order valence-electron chi connectivity index (χ3n) is 8.72. The van der Waals surface area contributed by atoms with Crippen molar-refractivity contribution in [1.82, 2.24) is 15.0 Å². The summed E-state index contributed by atoms with van der Waals surface area (Å²) in [6.07, 6.45) is -1.44. The fourth-order valence-electron chi connectivity index (χ4n) is 6.10. The van der Waals surface area contributed by atoms with Crippen LogP contribution in [0.1, 0.15) is 10.4 Å². The van der Waals surface area contributed by atoms with Crippen molar-refractivity contribution in [3.63, 3.8) is 0 Å². The first-order valence-electron chi connectivity index (χ1n) is 17.1. The van der Waals surface area contributed by atoms with Gasteiger partial charge in [0, 0.05) is 22.0 Å². The second-order valence-electron chi connectivity index (χ2n) is 12.9. The Balaban J connectivity index is 0.00000680. The number of aromatic nitrogens is 3. The first kappa shape index (κ1) is 47.4. The van der Waals surface area contributed by atoms with E-state index in [0.29, 0.717) is 17.5 Å². The molecule has 64 heavy (non-hydrogen) atoms. The molecule has 0 radical (unpaired) electrons. The number of nitrogens with zero attached hydrogens (tertiary/aromatic N) is 5. The van der Waals surface area contributed by atoms with Gasteiger partial charge in [0.1, 0.15) is 31.3 Å². The second kappa shape index (κ2) is 17.8. The van der Waals surface area contributed by atoms with Crippen molar-refractivity contribution in [3.05, 3.63) is 115 Å². The van der Waals surface area contributed by atoms with E-state index < -0.39 is 118 Å². The molecule has 7 aromatic rings. The van der Waals surface area contributed by atoms with Crippen molar-refractivity contribution in [2.45, 2.75) is 19.6 Å². The van der Waals surface area contributed by atoms with Crippen LogP contribution >= 0.6 is 0 Å². The van der Waals surface area contributed by atoms with Gasteiger partial charge in [-0.25, -0.2) is 8.42 Å². The van der Waals surface area contributed by atoms with Gasteiger partial charge >= 0.3 is 35.6 Å². The summed E-state index contributed by atoms with van der Waals surface area (Å²) in [5, 5.41) is 25.6. The topological polar surface area (TPSA) is 357 Å². The van der Waals surface area contributed by atoms with Crippen LogP contribution in [0.5, 0.6) is 5.75 Å². The maximum absolute atomic E-state index is 14.8. The van der Waals surface area contributed by atoms with Crippen LogP contribution in [0.2, 0.25) is 0 Å². The zero-order valence-corrected chi connectivity index (χ0v) is 37.2. The predicted molar refractivity (Wildman–Crippen MR) is 218 cm³/mol. The minimum atomic E-state index is -5.43. The molecule has 7 N–H and O–H groups in total. The Morgan fingerprint density at radius 1 is 0.656 bits per heavy atom. The maximum atomic E-state index is 14.8. The van der Waals surface area contributed by atoms with Gasteiger partial charge in [-0.3, -0.25) is 18.5 Å². The fraction of sp³-hybridized carbons (Fsp3) is 0. The molecule has 1 aromatic heterocycles. The molecule has 0 saturated heterocycles. The Morgan fingerprint density at radius 3 is 1.94 bits per heavy atom. The molecule has 0 atom stereocenters.